The first-order valence-electron chi connectivity index (χ1n) is 7.91. The molecule has 5 nitrogen and oxygen atoms in total. The van der Waals surface area contributed by atoms with Crippen molar-refractivity contribution in [2.75, 3.05) is 25.5 Å². The largest absolute Gasteiger partial charge is 0.392 e. The Hall–Kier alpha value is -1.89. The van der Waals surface area contributed by atoms with Gasteiger partial charge in [-0.15, -0.1) is 0 Å². The molecule has 0 aliphatic carbocycles. The van der Waals surface area contributed by atoms with Gasteiger partial charge >= 0.3 is 0 Å². The van der Waals surface area contributed by atoms with Gasteiger partial charge in [-0.3, -0.25) is 0 Å². The third-order valence-corrected chi connectivity index (χ3v) is 6.22. The number of sulfonamides is 1. The Bertz CT molecular complexity index is 830. The van der Waals surface area contributed by atoms with Gasteiger partial charge in [-0.1, -0.05) is 30.3 Å². The zero-order chi connectivity index (χ0) is 17.3. The van der Waals surface area contributed by atoms with Crippen LogP contribution >= 0.6 is 0 Å². The number of hydrogen-bond acceptors (Lipinski definition) is 4. The lowest BCUT2D eigenvalue weighted by molar-refractivity contribution is 0.282. The highest BCUT2D eigenvalue weighted by Crippen LogP contribution is 2.32. The van der Waals surface area contributed by atoms with Crippen molar-refractivity contribution in [1.82, 2.24) is 4.31 Å². The van der Waals surface area contributed by atoms with E-state index in [0.29, 0.717) is 4.90 Å². The minimum Gasteiger partial charge on any atom is -0.392 e. The summed E-state index contributed by atoms with van der Waals surface area (Å²) < 4.78 is 25.9. The number of hydrogen-bond donors (Lipinski definition) is 1. The molecule has 0 spiro atoms. The van der Waals surface area contributed by atoms with Crippen molar-refractivity contribution in [2.45, 2.75) is 24.5 Å². The SMILES string of the molecule is CN(C)S(=O)(=O)c1ccc2c(c1)N(Cc1ccc(CO)cc1)CC2. The number of nitrogens with zero attached hydrogens (tertiary/aromatic N) is 2. The van der Waals surface area contributed by atoms with Crippen molar-refractivity contribution >= 4 is 15.7 Å². The van der Waals surface area contributed by atoms with Gasteiger partial charge in [0, 0.05) is 32.9 Å². The summed E-state index contributed by atoms with van der Waals surface area (Å²) in [6, 6.07) is 13.2. The molecule has 2 aromatic rings. The molecule has 6 heteroatoms. The maximum Gasteiger partial charge on any atom is 0.242 e. The second kappa shape index (κ2) is 6.55. The fraction of sp³-hybridized carbons (Fsp3) is 0.333. The Morgan fingerprint density at radius 2 is 1.75 bits per heavy atom. The van der Waals surface area contributed by atoms with Crippen LogP contribution in [0.5, 0.6) is 0 Å². The molecule has 0 unspecified atom stereocenters. The lowest BCUT2D eigenvalue weighted by Crippen LogP contribution is -2.23. The predicted molar refractivity (Wildman–Crippen MR) is 94.4 cm³/mol. The molecule has 24 heavy (non-hydrogen) atoms. The lowest BCUT2D eigenvalue weighted by Gasteiger charge is -2.21. The van der Waals surface area contributed by atoms with Crippen molar-refractivity contribution in [3.05, 3.63) is 59.2 Å². The van der Waals surface area contributed by atoms with E-state index in [1.165, 1.54) is 9.87 Å². The Balaban J connectivity index is 1.87. The molecule has 2 aromatic carbocycles. The Morgan fingerprint density at radius 3 is 2.38 bits per heavy atom. The summed E-state index contributed by atoms with van der Waals surface area (Å²) in [5.74, 6) is 0. The fourth-order valence-electron chi connectivity index (χ4n) is 2.93. The Kier molecular flexibility index (Phi) is 4.62. The molecule has 1 aliphatic heterocycles. The standard InChI is InChI=1S/C18H22N2O3S/c1-19(2)24(22,23)17-8-7-16-9-10-20(18(16)11-17)12-14-3-5-15(13-21)6-4-14/h3-8,11,21H,9-10,12-13H2,1-2H3. The van der Waals surface area contributed by atoms with Crippen molar-refractivity contribution in [3.8, 4) is 0 Å². The first-order chi connectivity index (χ1) is 11.4. The number of anilines is 1. The fourth-order valence-corrected chi connectivity index (χ4v) is 3.85. The highest BCUT2D eigenvalue weighted by Gasteiger charge is 2.24. The molecule has 0 radical (unpaired) electrons. The summed E-state index contributed by atoms with van der Waals surface area (Å²) in [5, 5.41) is 9.12. The minimum atomic E-state index is -3.42. The first kappa shape index (κ1) is 17.0. The van der Waals surface area contributed by atoms with Crippen LogP contribution in [0.15, 0.2) is 47.4 Å². The molecular formula is C18H22N2O3S. The number of benzene rings is 2. The monoisotopic (exact) mass is 346 g/mol. The normalized spacial score (nSPS) is 14.2. The summed E-state index contributed by atoms with van der Waals surface area (Å²) in [7, 11) is -0.336. The topological polar surface area (TPSA) is 60.9 Å². The van der Waals surface area contributed by atoms with Gasteiger partial charge in [-0.25, -0.2) is 12.7 Å². The number of fused-ring (bicyclic) bond motifs is 1. The van der Waals surface area contributed by atoms with Crippen LogP contribution in [0.25, 0.3) is 0 Å². The molecule has 0 saturated heterocycles. The van der Waals surface area contributed by atoms with Crippen LogP contribution in [-0.2, 0) is 29.6 Å². The van der Waals surface area contributed by atoms with Gasteiger partial charge in [0.1, 0.15) is 0 Å². The summed E-state index contributed by atoms with van der Waals surface area (Å²) in [4.78, 5) is 2.53. The predicted octanol–water partition coefficient (Wildman–Crippen LogP) is 1.99. The second-order valence-electron chi connectivity index (χ2n) is 6.22. The highest BCUT2D eigenvalue weighted by molar-refractivity contribution is 7.89. The third kappa shape index (κ3) is 3.17. The van der Waals surface area contributed by atoms with Crippen LogP contribution in [0, 0.1) is 0 Å². The van der Waals surface area contributed by atoms with E-state index < -0.39 is 10.0 Å². The van der Waals surface area contributed by atoms with Crippen LogP contribution < -0.4 is 4.90 Å². The maximum absolute atomic E-state index is 12.4. The van der Waals surface area contributed by atoms with Crippen LogP contribution in [-0.4, -0.2) is 38.5 Å². The van der Waals surface area contributed by atoms with Crippen LogP contribution in [0.3, 0.4) is 0 Å². The highest BCUT2D eigenvalue weighted by atomic mass is 32.2. The van der Waals surface area contributed by atoms with Gasteiger partial charge in [0.15, 0.2) is 0 Å². The molecule has 1 N–H and O–H groups in total. The number of aliphatic hydroxyl groups excluding tert-OH is 1. The molecule has 128 valence electrons. The van der Waals surface area contributed by atoms with Gasteiger partial charge in [0.05, 0.1) is 11.5 Å². The zero-order valence-electron chi connectivity index (χ0n) is 13.9. The van der Waals surface area contributed by atoms with Gasteiger partial charge in [-0.05, 0) is 35.2 Å². The summed E-state index contributed by atoms with van der Waals surface area (Å²) in [5.41, 5.74) is 4.20. The third-order valence-electron chi connectivity index (χ3n) is 4.41. The summed E-state index contributed by atoms with van der Waals surface area (Å²) in [6.45, 7) is 1.64. The molecule has 3 rings (SSSR count). The maximum atomic E-state index is 12.4. The van der Waals surface area contributed by atoms with Crippen LogP contribution in [0.1, 0.15) is 16.7 Å². The molecule has 0 saturated carbocycles. The molecule has 1 heterocycles. The van der Waals surface area contributed by atoms with Crippen LogP contribution in [0.2, 0.25) is 0 Å². The molecule has 0 bridgehead atoms. The van der Waals surface area contributed by atoms with Crippen molar-refractivity contribution in [3.63, 3.8) is 0 Å². The van der Waals surface area contributed by atoms with E-state index in [4.69, 9.17) is 5.11 Å². The Labute approximate surface area is 143 Å². The van der Waals surface area contributed by atoms with Crippen molar-refractivity contribution < 1.29 is 13.5 Å². The van der Waals surface area contributed by atoms with E-state index in [9.17, 15) is 8.42 Å². The van der Waals surface area contributed by atoms with E-state index in [2.05, 4.69) is 4.90 Å². The molecule has 1 aliphatic rings. The zero-order valence-corrected chi connectivity index (χ0v) is 14.8. The van der Waals surface area contributed by atoms with Gasteiger partial charge in [-0.2, -0.15) is 0 Å². The summed E-state index contributed by atoms with van der Waals surface area (Å²) in [6.07, 6.45) is 0.923. The smallest absolute Gasteiger partial charge is 0.242 e. The van der Waals surface area contributed by atoms with E-state index in [0.717, 1.165) is 36.3 Å². The van der Waals surface area contributed by atoms with Gasteiger partial charge in [0.2, 0.25) is 10.0 Å². The van der Waals surface area contributed by atoms with Gasteiger partial charge < -0.3 is 10.0 Å². The second-order valence-corrected chi connectivity index (χ2v) is 8.38. The van der Waals surface area contributed by atoms with Crippen molar-refractivity contribution in [2.24, 2.45) is 0 Å². The average molecular weight is 346 g/mol. The molecule has 0 aromatic heterocycles. The molecule has 0 amide bonds. The Morgan fingerprint density at radius 1 is 1.08 bits per heavy atom. The van der Waals surface area contributed by atoms with E-state index in [-0.39, 0.29) is 6.61 Å². The van der Waals surface area contributed by atoms with E-state index >= 15 is 0 Å². The molecular weight excluding hydrogens is 324 g/mol. The molecule has 0 atom stereocenters. The van der Waals surface area contributed by atoms with Crippen LogP contribution in [0.4, 0.5) is 5.69 Å². The molecule has 0 fully saturated rings. The number of rotatable bonds is 5. The quantitative estimate of drug-likeness (QED) is 0.899. The lowest BCUT2D eigenvalue weighted by atomic mass is 10.1. The summed E-state index contributed by atoms with van der Waals surface area (Å²) >= 11 is 0. The minimum absolute atomic E-state index is 0.0403. The van der Waals surface area contributed by atoms with E-state index in [1.54, 1.807) is 26.2 Å². The number of aliphatic hydroxyl groups is 1. The first-order valence-corrected chi connectivity index (χ1v) is 9.35. The van der Waals surface area contributed by atoms with E-state index in [1.807, 2.05) is 30.3 Å². The average Bonchev–Trinajstić information content (AvgIpc) is 2.97. The van der Waals surface area contributed by atoms with Gasteiger partial charge in [0.25, 0.3) is 0 Å². The van der Waals surface area contributed by atoms with Crippen molar-refractivity contribution in [1.29, 1.82) is 0 Å².